The molecule has 1 aromatic heterocycles. The minimum Gasteiger partial charge on any atom is -0.459 e. The molecule has 1 heterocycles. The van der Waals surface area contributed by atoms with E-state index in [1.165, 1.54) is 12.1 Å². The summed E-state index contributed by atoms with van der Waals surface area (Å²) in [6.07, 6.45) is 0. The summed E-state index contributed by atoms with van der Waals surface area (Å²) in [4.78, 5) is 0. The first-order valence-electron chi connectivity index (χ1n) is 5.94. The molecule has 2 N–H and O–H groups in total. The normalized spacial score (nSPS) is 12.8. The van der Waals surface area contributed by atoms with Crippen molar-refractivity contribution in [3.63, 3.8) is 0 Å². The second-order valence-electron chi connectivity index (χ2n) is 4.48. The van der Waals surface area contributed by atoms with Gasteiger partial charge in [-0.25, -0.2) is 4.39 Å². The summed E-state index contributed by atoms with van der Waals surface area (Å²) in [6.45, 7) is 0. The van der Waals surface area contributed by atoms with Gasteiger partial charge in [0, 0.05) is 10.4 Å². The molecule has 20 heavy (non-hydrogen) atoms. The molecule has 0 bridgehead atoms. The number of hydrogen-bond donors (Lipinski definition) is 1. The van der Waals surface area contributed by atoms with Crippen molar-refractivity contribution >= 4 is 34.2 Å². The Morgan fingerprint density at radius 3 is 2.60 bits per heavy atom. The summed E-state index contributed by atoms with van der Waals surface area (Å²) in [5.41, 5.74) is 7.38. The molecule has 3 aromatic rings. The third-order valence-electron chi connectivity index (χ3n) is 3.11. The molecule has 5 heteroatoms. The van der Waals surface area contributed by atoms with E-state index in [2.05, 4.69) is 0 Å². The molecule has 0 aliphatic heterocycles. The lowest BCUT2D eigenvalue weighted by molar-refractivity contribution is 0.523. The number of hydrogen-bond acceptors (Lipinski definition) is 2. The van der Waals surface area contributed by atoms with Gasteiger partial charge in [-0.2, -0.15) is 0 Å². The van der Waals surface area contributed by atoms with E-state index in [-0.39, 0.29) is 5.02 Å². The van der Waals surface area contributed by atoms with Crippen LogP contribution in [0.1, 0.15) is 17.4 Å². The van der Waals surface area contributed by atoms with Gasteiger partial charge in [-0.3, -0.25) is 0 Å². The van der Waals surface area contributed by atoms with Crippen molar-refractivity contribution in [1.82, 2.24) is 0 Å². The molecule has 3 rings (SSSR count). The smallest absolute Gasteiger partial charge is 0.142 e. The first-order chi connectivity index (χ1) is 9.54. The summed E-state index contributed by atoms with van der Waals surface area (Å²) in [7, 11) is 0. The number of fused-ring (bicyclic) bond motifs is 1. The number of nitrogens with two attached hydrogens (primary N) is 1. The van der Waals surface area contributed by atoms with E-state index in [4.69, 9.17) is 33.4 Å². The predicted molar refractivity (Wildman–Crippen MR) is 78.7 cm³/mol. The highest BCUT2D eigenvalue weighted by Crippen LogP contribution is 2.29. The van der Waals surface area contributed by atoms with Gasteiger partial charge in [0.05, 0.1) is 11.1 Å². The Morgan fingerprint density at radius 2 is 1.85 bits per heavy atom. The summed E-state index contributed by atoms with van der Waals surface area (Å²) < 4.78 is 19.1. The van der Waals surface area contributed by atoms with Gasteiger partial charge in [0.25, 0.3) is 0 Å². The van der Waals surface area contributed by atoms with Gasteiger partial charge >= 0.3 is 0 Å². The molecule has 2 aromatic carbocycles. The van der Waals surface area contributed by atoms with E-state index in [9.17, 15) is 4.39 Å². The number of halogens is 3. The van der Waals surface area contributed by atoms with Crippen LogP contribution in [0.2, 0.25) is 10.0 Å². The van der Waals surface area contributed by atoms with Crippen molar-refractivity contribution in [1.29, 1.82) is 0 Å². The fourth-order valence-corrected chi connectivity index (χ4v) is 2.36. The van der Waals surface area contributed by atoms with Crippen LogP contribution in [0.4, 0.5) is 4.39 Å². The van der Waals surface area contributed by atoms with Crippen LogP contribution in [-0.2, 0) is 0 Å². The second kappa shape index (κ2) is 5.09. The number of rotatable bonds is 2. The molecule has 0 saturated carbocycles. The lowest BCUT2D eigenvalue weighted by Gasteiger charge is -2.09. The summed E-state index contributed by atoms with van der Waals surface area (Å²) >= 11 is 11.6. The number of furan rings is 1. The fourth-order valence-electron chi connectivity index (χ4n) is 2.06. The topological polar surface area (TPSA) is 39.2 Å². The molecule has 0 saturated heterocycles. The van der Waals surface area contributed by atoms with Gasteiger partial charge in [-0.1, -0.05) is 29.3 Å². The Labute approximate surface area is 124 Å². The predicted octanol–water partition coefficient (Wildman–Crippen LogP) is 4.93. The quantitative estimate of drug-likeness (QED) is 0.729. The molecule has 1 atom stereocenters. The van der Waals surface area contributed by atoms with Crippen molar-refractivity contribution in [3.05, 3.63) is 69.7 Å². The Kier molecular flexibility index (Phi) is 3.42. The Morgan fingerprint density at radius 1 is 1.05 bits per heavy atom. The highest BCUT2D eigenvalue weighted by molar-refractivity contribution is 6.31. The Bertz CT molecular complexity index is 785. The third kappa shape index (κ3) is 2.40. The van der Waals surface area contributed by atoms with Gasteiger partial charge < -0.3 is 10.2 Å². The third-order valence-corrected chi connectivity index (χ3v) is 3.65. The molecule has 2 nitrogen and oxygen atoms in total. The minimum absolute atomic E-state index is 0.0670. The van der Waals surface area contributed by atoms with E-state index >= 15 is 0 Å². The van der Waals surface area contributed by atoms with Crippen LogP contribution >= 0.6 is 23.2 Å². The Balaban J connectivity index is 2.02. The van der Waals surface area contributed by atoms with Crippen molar-refractivity contribution in [2.24, 2.45) is 5.73 Å². The molecule has 102 valence electrons. The van der Waals surface area contributed by atoms with Crippen molar-refractivity contribution in [2.75, 3.05) is 0 Å². The maximum Gasteiger partial charge on any atom is 0.142 e. The number of benzene rings is 2. The maximum atomic E-state index is 13.5. The van der Waals surface area contributed by atoms with E-state index in [1.54, 1.807) is 30.3 Å². The zero-order chi connectivity index (χ0) is 14.3. The molecule has 0 aliphatic carbocycles. The average molecular weight is 310 g/mol. The van der Waals surface area contributed by atoms with Gasteiger partial charge in [-0.05, 0) is 42.0 Å². The Hall–Kier alpha value is -1.55. The largest absolute Gasteiger partial charge is 0.459 e. The molecule has 0 spiro atoms. The van der Waals surface area contributed by atoms with Crippen LogP contribution < -0.4 is 5.73 Å². The summed E-state index contributed by atoms with van der Waals surface area (Å²) in [5, 5.41) is 1.55. The SMILES string of the molecule is NC(c1ccc(Cl)c(F)c1)c1cc2cc(Cl)ccc2o1. The molecule has 0 amide bonds. The summed E-state index contributed by atoms with van der Waals surface area (Å²) in [6, 6.07) is 11.0. The van der Waals surface area contributed by atoms with Crippen LogP contribution in [0.3, 0.4) is 0 Å². The second-order valence-corrected chi connectivity index (χ2v) is 5.33. The van der Waals surface area contributed by atoms with Gasteiger partial charge in [0.2, 0.25) is 0 Å². The van der Waals surface area contributed by atoms with Gasteiger partial charge in [-0.15, -0.1) is 0 Å². The zero-order valence-corrected chi connectivity index (χ0v) is 11.8. The van der Waals surface area contributed by atoms with Crippen LogP contribution in [0.5, 0.6) is 0 Å². The minimum atomic E-state index is -0.562. The molecule has 0 radical (unpaired) electrons. The first kappa shape index (κ1) is 13.4. The summed E-state index contributed by atoms with van der Waals surface area (Å²) in [5.74, 6) is 0.0442. The maximum absolute atomic E-state index is 13.5. The van der Waals surface area contributed by atoms with Crippen LogP contribution in [0, 0.1) is 5.82 Å². The van der Waals surface area contributed by atoms with E-state index in [1.807, 2.05) is 0 Å². The van der Waals surface area contributed by atoms with Gasteiger partial charge in [0.15, 0.2) is 0 Å². The van der Waals surface area contributed by atoms with Crippen molar-refractivity contribution < 1.29 is 8.81 Å². The van der Waals surface area contributed by atoms with E-state index in [0.29, 0.717) is 21.9 Å². The van der Waals surface area contributed by atoms with Crippen LogP contribution in [-0.4, -0.2) is 0 Å². The molecule has 0 aliphatic rings. The monoisotopic (exact) mass is 309 g/mol. The molecular weight excluding hydrogens is 300 g/mol. The molecule has 1 unspecified atom stereocenters. The lowest BCUT2D eigenvalue weighted by atomic mass is 10.1. The fraction of sp³-hybridized carbons (Fsp3) is 0.0667. The van der Waals surface area contributed by atoms with Crippen molar-refractivity contribution in [3.8, 4) is 0 Å². The van der Waals surface area contributed by atoms with Gasteiger partial charge in [0.1, 0.15) is 17.2 Å². The highest BCUT2D eigenvalue weighted by atomic mass is 35.5. The van der Waals surface area contributed by atoms with Crippen LogP contribution in [0.25, 0.3) is 11.0 Å². The molecule has 0 fully saturated rings. The average Bonchev–Trinajstić information content (AvgIpc) is 2.84. The van der Waals surface area contributed by atoms with Crippen LogP contribution in [0.15, 0.2) is 46.9 Å². The van der Waals surface area contributed by atoms with E-state index < -0.39 is 11.9 Å². The van der Waals surface area contributed by atoms with E-state index in [0.717, 1.165) is 5.39 Å². The highest BCUT2D eigenvalue weighted by Gasteiger charge is 2.16. The lowest BCUT2D eigenvalue weighted by Crippen LogP contribution is -2.11. The molecular formula is C15H10Cl2FNO. The standard InChI is InChI=1S/C15H10Cl2FNO/c16-10-2-4-13-9(5-10)7-14(20-13)15(19)8-1-3-11(17)12(18)6-8/h1-7,15H,19H2. The first-order valence-corrected chi connectivity index (χ1v) is 6.70. The van der Waals surface area contributed by atoms with Crippen molar-refractivity contribution in [2.45, 2.75) is 6.04 Å². The zero-order valence-electron chi connectivity index (χ0n) is 10.2.